The summed E-state index contributed by atoms with van der Waals surface area (Å²) >= 11 is 0. The molecule has 4 aliphatic rings. The molecule has 0 spiro atoms. The van der Waals surface area contributed by atoms with Crippen LogP contribution in [0.1, 0.15) is 80.5 Å². The number of carbonyl (C=O) groups is 7. The number of pyridine rings is 2. The minimum absolute atomic E-state index is 0.0264. The van der Waals surface area contributed by atoms with Crippen LogP contribution >= 0.6 is 0 Å². The summed E-state index contributed by atoms with van der Waals surface area (Å²) in [4.78, 5) is 108. The summed E-state index contributed by atoms with van der Waals surface area (Å²) < 4.78 is 74.5. The number of carbonyl (C=O) groups excluding carboxylic acids is 7. The molecule has 5 amide bonds. The maximum absolute atomic E-state index is 13.9. The predicted octanol–water partition coefficient (Wildman–Crippen LogP) is 1.77. The van der Waals surface area contributed by atoms with Crippen LogP contribution in [0.25, 0.3) is 22.3 Å². The molecule has 2 unspecified atom stereocenters. The van der Waals surface area contributed by atoms with Crippen molar-refractivity contribution in [2.75, 3.05) is 139 Å². The summed E-state index contributed by atoms with van der Waals surface area (Å²) in [5.41, 5.74) is 3.91. The number of hydrogen-bond donors (Lipinski definition) is 4. The van der Waals surface area contributed by atoms with Gasteiger partial charge in [-0.25, -0.2) is 19.3 Å². The number of aromatic nitrogens is 5. The normalized spacial score (nSPS) is 16.7. The number of esters is 1. The van der Waals surface area contributed by atoms with Gasteiger partial charge in [-0.2, -0.15) is 0 Å². The highest BCUT2D eigenvalue weighted by atomic mass is 16.7. The molecule has 2 atom stereocenters. The summed E-state index contributed by atoms with van der Waals surface area (Å²) in [5.74, 6) is -2.15. The molecular formula is C64H88BN9O22. The Balaban J connectivity index is 0.553. The zero-order valence-corrected chi connectivity index (χ0v) is 54.9. The van der Waals surface area contributed by atoms with Crippen molar-refractivity contribution in [1.82, 2.24) is 45.4 Å². The van der Waals surface area contributed by atoms with Gasteiger partial charge in [-0.1, -0.05) is 26.0 Å². The third kappa shape index (κ3) is 22.7. The van der Waals surface area contributed by atoms with Crippen molar-refractivity contribution in [3.8, 4) is 17.1 Å². The van der Waals surface area contributed by atoms with E-state index < -0.39 is 62.0 Å². The van der Waals surface area contributed by atoms with Crippen LogP contribution in [0, 0.1) is 17.8 Å². The van der Waals surface area contributed by atoms with Crippen molar-refractivity contribution in [3.63, 3.8) is 0 Å². The number of nitrogens with zero attached hydrogens (tertiary/aromatic N) is 6. The van der Waals surface area contributed by atoms with E-state index in [9.17, 15) is 43.4 Å². The SMILES string of the molecule is CCc1c2c(nc3ccc(OB(C)O)cc13)-c1cc3c(c(=O)n1C2)COC(=O)C3OC(=O)OCC(NC(=O)COCC(=O)NCCOCCOCCOCCOCCOCCOCCOCCOCCn1cc(CNC(=O)C2CCC(CN3C(=O)C=CC3=O)CC2)nn1)C(C)C. The lowest BCUT2D eigenvalue weighted by atomic mass is 9.81. The Labute approximate surface area is 555 Å². The monoisotopic (exact) mass is 1350 g/mol. The highest BCUT2D eigenvalue weighted by Crippen LogP contribution is 2.40. The van der Waals surface area contributed by atoms with Crippen LogP contribution in [0.4, 0.5) is 4.79 Å². The fraction of sp³-hybridized carbons (Fsp3) is 0.609. The van der Waals surface area contributed by atoms with E-state index in [4.69, 9.17) is 66.5 Å². The molecule has 32 heteroatoms. The zero-order valence-electron chi connectivity index (χ0n) is 54.9. The van der Waals surface area contributed by atoms with E-state index in [1.165, 1.54) is 23.9 Å². The third-order valence-corrected chi connectivity index (χ3v) is 16.1. The van der Waals surface area contributed by atoms with E-state index in [1.807, 2.05) is 6.92 Å². The third-order valence-electron chi connectivity index (χ3n) is 16.1. The summed E-state index contributed by atoms with van der Waals surface area (Å²) in [6, 6.07) is 6.18. The van der Waals surface area contributed by atoms with Crippen LogP contribution in [0.3, 0.4) is 0 Å². The zero-order chi connectivity index (χ0) is 68.2. The van der Waals surface area contributed by atoms with E-state index in [2.05, 4.69) is 26.3 Å². The van der Waals surface area contributed by atoms with Crippen LogP contribution < -0.4 is 26.2 Å². The highest BCUT2D eigenvalue weighted by molar-refractivity contribution is 6.41. The van der Waals surface area contributed by atoms with Crippen molar-refractivity contribution in [2.24, 2.45) is 17.8 Å². The molecule has 1 aliphatic carbocycles. The van der Waals surface area contributed by atoms with E-state index in [0.717, 1.165) is 29.4 Å². The number of nitrogens with one attached hydrogen (secondary N) is 3. The second-order valence-electron chi connectivity index (χ2n) is 23.4. The Bertz CT molecular complexity index is 3320. The first-order valence-corrected chi connectivity index (χ1v) is 32.6. The first-order chi connectivity index (χ1) is 46.6. The maximum atomic E-state index is 13.9. The van der Waals surface area contributed by atoms with Crippen molar-refractivity contribution in [3.05, 3.63) is 80.9 Å². The maximum Gasteiger partial charge on any atom is 0.519 e. The first-order valence-electron chi connectivity index (χ1n) is 32.6. The number of benzene rings is 1. The summed E-state index contributed by atoms with van der Waals surface area (Å²) in [7, 11) is -1.02. The number of hydrogen-bond acceptors (Lipinski definition) is 25. The summed E-state index contributed by atoms with van der Waals surface area (Å²) in [6.07, 6.45) is 5.12. The lowest BCUT2D eigenvalue weighted by Crippen LogP contribution is -2.44. The van der Waals surface area contributed by atoms with Gasteiger partial charge in [-0.15, -0.1) is 5.10 Å². The largest absolute Gasteiger partial charge is 0.536 e. The van der Waals surface area contributed by atoms with Gasteiger partial charge < -0.3 is 87.0 Å². The van der Waals surface area contributed by atoms with Crippen molar-refractivity contribution in [1.29, 1.82) is 0 Å². The standard InChI is InChI=1S/C64H88BN9O22/c1-5-47-48-32-46(96-65(4)83)10-11-52(48)69-59-50(47)37-73-54(59)33-49-51(62(73)80)38-93-63(81)60(49)95-64(82)94-39-53(42(2)3)68-56(76)41-92-40-55(75)66-14-16-84-18-20-86-22-24-88-26-28-90-30-31-91-29-27-89-25-23-87-21-19-85-17-15-72-36-45(70-71-72)34-67-61(79)44-8-6-43(7-9-44)35-74-57(77)12-13-58(74)78/h10-13,32-33,36,42-44,53,60,83H,5-9,14-31,34-35,37-41H2,1-4H3,(H,66,75)(H,67,79)(H,68,76). The van der Waals surface area contributed by atoms with Crippen molar-refractivity contribution < 1.29 is 100 Å². The molecule has 3 aliphatic heterocycles. The van der Waals surface area contributed by atoms with E-state index in [-0.39, 0.29) is 86.1 Å². The van der Waals surface area contributed by atoms with E-state index in [1.54, 1.807) is 53.6 Å². The topological polar surface area (TPSA) is 365 Å². The van der Waals surface area contributed by atoms with Gasteiger partial charge in [0.25, 0.3) is 17.4 Å². The fourth-order valence-corrected chi connectivity index (χ4v) is 11.1. The minimum atomic E-state index is -1.61. The van der Waals surface area contributed by atoms with Crippen LogP contribution in [-0.4, -0.2) is 228 Å². The Morgan fingerprint density at radius 2 is 1.34 bits per heavy atom. The molecule has 1 aromatic carbocycles. The van der Waals surface area contributed by atoms with Crippen molar-refractivity contribution >= 4 is 59.7 Å². The second kappa shape index (κ2) is 38.8. The Kier molecular flexibility index (Phi) is 29.9. The molecule has 6 heterocycles. The Hall–Kier alpha value is -7.79. The smallest absolute Gasteiger partial charge is 0.519 e. The lowest BCUT2D eigenvalue weighted by Gasteiger charge is -2.29. The molecule has 0 bridgehead atoms. The molecular weight excluding hydrogens is 1260 g/mol. The van der Waals surface area contributed by atoms with E-state index >= 15 is 0 Å². The van der Waals surface area contributed by atoms with Gasteiger partial charge in [0.1, 0.15) is 37.9 Å². The van der Waals surface area contributed by atoms with Crippen molar-refractivity contribution in [2.45, 2.75) is 98.1 Å². The van der Waals surface area contributed by atoms with Crippen LogP contribution in [-0.2, 0) is 118 Å². The Morgan fingerprint density at radius 1 is 0.740 bits per heavy atom. The van der Waals surface area contributed by atoms with Gasteiger partial charge in [0.05, 0.1) is 160 Å². The average molecular weight is 1350 g/mol. The number of rotatable bonds is 44. The first kappa shape index (κ1) is 74.0. The molecule has 524 valence electrons. The molecule has 4 N–H and O–H groups in total. The summed E-state index contributed by atoms with van der Waals surface area (Å²) in [5, 5.41) is 27.2. The second-order valence-corrected chi connectivity index (χ2v) is 23.4. The van der Waals surface area contributed by atoms with Crippen LogP contribution in [0.15, 0.2) is 47.4 Å². The minimum Gasteiger partial charge on any atom is -0.536 e. The summed E-state index contributed by atoms with van der Waals surface area (Å²) in [6.45, 7) is 13.3. The molecule has 3 aromatic heterocycles. The highest BCUT2D eigenvalue weighted by Gasteiger charge is 2.39. The number of cyclic esters (lactones) is 1. The average Bonchev–Trinajstić information content (AvgIpc) is 1.54. The molecule has 31 nitrogen and oxygen atoms in total. The van der Waals surface area contributed by atoms with Gasteiger partial charge in [-0.3, -0.25) is 33.7 Å². The van der Waals surface area contributed by atoms with Crippen LogP contribution in [0.2, 0.25) is 6.82 Å². The van der Waals surface area contributed by atoms with E-state index in [0.29, 0.717) is 160 Å². The predicted molar refractivity (Wildman–Crippen MR) is 340 cm³/mol. The number of aryl methyl sites for hydroxylation is 1. The number of fused-ring (bicyclic) bond motifs is 5. The number of ether oxygens (including phenoxy) is 12. The van der Waals surface area contributed by atoms with Gasteiger partial charge >= 0.3 is 19.2 Å². The molecule has 0 radical (unpaired) electrons. The Morgan fingerprint density at radius 3 is 1.95 bits per heavy atom. The van der Waals surface area contributed by atoms with Gasteiger partial charge in [0.2, 0.25) is 23.8 Å². The lowest BCUT2D eigenvalue weighted by molar-refractivity contribution is -0.159. The van der Waals surface area contributed by atoms with Gasteiger partial charge in [0.15, 0.2) is 0 Å². The molecule has 1 fully saturated rings. The van der Waals surface area contributed by atoms with Gasteiger partial charge in [0, 0.05) is 47.7 Å². The van der Waals surface area contributed by atoms with Gasteiger partial charge in [-0.05, 0) is 80.6 Å². The van der Waals surface area contributed by atoms with Crippen LogP contribution in [0.5, 0.6) is 5.75 Å². The molecule has 96 heavy (non-hydrogen) atoms. The number of amides is 5. The molecule has 1 saturated carbocycles. The molecule has 4 aromatic rings. The fourth-order valence-electron chi connectivity index (χ4n) is 11.1. The number of imide groups is 1. The quantitative estimate of drug-likeness (QED) is 0.0187. The molecule has 8 rings (SSSR count). The molecule has 0 saturated heterocycles.